The van der Waals surface area contributed by atoms with Gasteiger partial charge in [0.05, 0.1) is 5.56 Å². The third-order valence-corrected chi connectivity index (χ3v) is 4.90. The number of aryl methyl sites for hydroxylation is 1. The number of rotatable bonds is 5. The van der Waals surface area contributed by atoms with Gasteiger partial charge in [-0.3, -0.25) is 9.48 Å². The van der Waals surface area contributed by atoms with Gasteiger partial charge in [0.2, 0.25) is 11.8 Å². The molecule has 2 aromatic heterocycles. The third kappa shape index (κ3) is 3.31. The first-order valence-corrected chi connectivity index (χ1v) is 8.97. The second-order valence-corrected chi connectivity index (χ2v) is 6.86. The molecular weight excluding hydrogens is 401 g/mol. The average molecular weight is 418 g/mol. The fourth-order valence-corrected chi connectivity index (χ4v) is 3.26. The number of hydrogen-bond donors (Lipinski definition) is 2. The predicted molar refractivity (Wildman–Crippen MR) is 101 cm³/mol. The number of benzene rings is 1. The first-order valence-electron chi connectivity index (χ1n) is 8.97. The van der Waals surface area contributed by atoms with Gasteiger partial charge in [-0.15, -0.1) is 16.8 Å². The number of alkyl halides is 3. The normalized spacial score (nSPS) is 19.0. The topological polar surface area (TPSA) is 97.9 Å². The zero-order valence-electron chi connectivity index (χ0n) is 15.8. The molecule has 0 radical (unpaired) electrons. The van der Waals surface area contributed by atoms with Gasteiger partial charge in [-0.1, -0.05) is 6.08 Å². The first-order chi connectivity index (χ1) is 14.2. The van der Waals surface area contributed by atoms with E-state index in [9.17, 15) is 18.0 Å². The Hall–Kier alpha value is -3.63. The van der Waals surface area contributed by atoms with Gasteiger partial charge in [-0.25, -0.2) is 0 Å². The van der Waals surface area contributed by atoms with Crippen molar-refractivity contribution in [3.63, 3.8) is 0 Å². The van der Waals surface area contributed by atoms with Crippen molar-refractivity contribution in [2.24, 2.45) is 7.05 Å². The van der Waals surface area contributed by atoms with Crippen LogP contribution in [0.25, 0.3) is 11.5 Å². The average Bonchev–Trinajstić information content (AvgIpc) is 3.40. The predicted octanol–water partition coefficient (Wildman–Crippen LogP) is 3.18. The maximum Gasteiger partial charge on any atom is 0.416 e. The third-order valence-electron chi connectivity index (χ3n) is 4.90. The number of aromatic nitrogens is 4. The lowest BCUT2D eigenvalue weighted by atomic mass is 9.86. The van der Waals surface area contributed by atoms with Crippen molar-refractivity contribution in [2.75, 3.05) is 11.9 Å². The van der Waals surface area contributed by atoms with Crippen LogP contribution in [0.15, 0.2) is 47.5 Å². The molecule has 30 heavy (non-hydrogen) atoms. The number of anilines is 2. The standard InChI is InChI=1S/C19H17F3N6O2/c1-3-18(8-9-23-16(18)29)17-26-25-15(30-17)13-10-28(2)27-14(13)24-12-6-4-11(5-7-12)19(20,21)22/h3-7,10H,1,8-9H2,2H3,(H,23,29)(H,24,27)/t18-/m1/s1. The molecule has 1 atom stereocenters. The first kappa shape index (κ1) is 19.7. The van der Waals surface area contributed by atoms with Crippen molar-refractivity contribution >= 4 is 17.4 Å². The molecule has 2 N–H and O–H groups in total. The minimum atomic E-state index is -4.41. The lowest BCUT2D eigenvalue weighted by Gasteiger charge is -2.15. The molecule has 1 saturated heterocycles. The molecule has 1 amide bonds. The van der Waals surface area contributed by atoms with E-state index in [0.717, 1.165) is 12.1 Å². The van der Waals surface area contributed by atoms with E-state index in [4.69, 9.17) is 4.42 Å². The Bertz CT molecular complexity index is 1100. The molecule has 156 valence electrons. The molecule has 4 rings (SSSR count). The summed E-state index contributed by atoms with van der Waals surface area (Å²) in [6.45, 7) is 4.20. The maximum absolute atomic E-state index is 12.8. The summed E-state index contributed by atoms with van der Waals surface area (Å²) in [6.07, 6.45) is -0.862. The van der Waals surface area contributed by atoms with Crippen LogP contribution in [0, 0.1) is 0 Å². The van der Waals surface area contributed by atoms with E-state index in [1.54, 1.807) is 13.2 Å². The second-order valence-electron chi connectivity index (χ2n) is 6.86. The van der Waals surface area contributed by atoms with Gasteiger partial charge in [-0.05, 0) is 30.7 Å². The number of carbonyl (C=O) groups excluding carboxylic acids is 1. The van der Waals surface area contributed by atoms with Crippen molar-refractivity contribution in [3.05, 3.63) is 54.6 Å². The molecule has 0 saturated carbocycles. The molecule has 3 aromatic rings. The Morgan fingerprint density at radius 3 is 2.63 bits per heavy atom. The highest BCUT2D eigenvalue weighted by molar-refractivity contribution is 5.91. The number of nitrogens with one attached hydrogen (secondary N) is 2. The van der Waals surface area contributed by atoms with Gasteiger partial charge >= 0.3 is 6.18 Å². The lowest BCUT2D eigenvalue weighted by Crippen LogP contribution is -2.33. The molecule has 0 unspecified atom stereocenters. The van der Waals surface area contributed by atoms with Crippen molar-refractivity contribution in [1.29, 1.82) is 0 Å². The fourth-order valence-electron chi connectivity index (χ4n) is 3.26. The Kier molecular flexibility index (Phi) is 4.60. The van der Waals surface area contributed by atoms with Crippen molar-refractivity contribution in [3.8, 4) is 11.5 Å². The highest BCUT2D eigenvalue weighted by atomic mass is 19.4. The summed E-state index contributed by atoms with van der Waals surface area (Å²) in [4.78, 5) is 12.3. The van der Waals surface area contributed by atoms with Crippen LogP contribution in [0.2, 0.25) is 0 Å². The Labute approximate surface area is 168 Å². The van der Waals surface area contributed by atoms with Crippen LogP contribution in [-0.2, 0) is 23.4 Å². The summed E-state index contributed by atoms with van der Waals surface area (Å²) in [5, 5.41) is 18.0. The molecule has 11 heteroatoms. The molecule has 0 aliphatic carbocycles. The summed E-state index contributed by atoms with van der Waals surface area (Å²) < 4.78 is 45.5. The van der Waals surface area contributed by atoms with Crippen LogP contribution in [0.5, 0.6) is 0 Å². The monoisotopic (exact) mass is 418 g/mol. The number of amides is 1. The highest BCUT2D eigenvalue weighted by Crippen LogP contribution is 2.36. The molecule has 3 heterocycles. The van der Waals surface area contributed by atoms with Crippen molar-refractivity contribution in [2.45, 2.75) is 18.0 Å². The number of halogens is 3. The quantitative estimate of drug-likeness (QED) is 0.618. The Morgan fingerprint density at radius 2 is 2.03 bits per heavy atom. The minimum Gasteiger partial charge on any atom is -0.419 e. The van der Waals surface area contributed by atoms with Crippen LogP contribution in [0.3, 0.4) is 0 Å². The molecule has 1 aliphatic heterocycles. The van der Waals surface area contributed by atoms with Gasteiger partial charge in [-0.2, -0.15) is 18.3 Å². The van der Waals surface area contributed by atoms with E-state index in [1.807, 2.05) is 0 Å². The van der Waals surface area contributed by atoms with Gasteiger partial charge in [0.15, 0.2) is 5.82 Å². The Balaban J connectivity index is 1.64. The van der Waals surface area contributed by atoms with E-state index in [2.05, 4.69) is 32.5 Å². The fraction of sp³-hybridized carbons (Fsp3) is 0.263. The van der Waals surface area contributed by atoms with Gasteiger partial charge in [0.25, 0.3) is 5.89 Å². The molecule has 8 nitrogen and oxygen atoms in total. The minimum absolute atomic E-state index is 0.117. The van der Waals surface area contributed by atoms with Gasteiger partial charge < -0.3 is 15.1 Å². The highest BCUT2D eigenvalue weighted by Gasteiger charge is 2.46. The summed E-state index contributed by atoms with van der Waals surface area (Å²) >= 11 is 0. The van der Waals surface area contributed by atoms with Crippen LogP contribution in [0.1, 0.15) is 17.9 Å². The molecule has 1 fully saturated rings. The smallest absolute Gasteiger partial charge is 0.416 e. The van der Waals surface area contributed by atoms with E-state index < -0.39 is 17.2 Å². The summed E-state index contributed by atoms with van der Waals surface area (Å²) in [7, 11) is 1.67. The number of nitrogens with zero attached hydrogens (tertiary/aromatic N) is 4. The maximum atomic E-state index is 12.8. The van der Waals surface area contributed by atoms with E-state index >= 15 is 0 Å². The Morgan fingerprint density at radius 1 is 1.30 bits per heavy atom. The largest absolute Gasteiger partial charge is 0.419 e. The number of carbonyl (C=O) groups is 1. The zero-order valence-corrected chi connectivity index (χ0v) is 15.8. The molecule has 1 aromatic carbocycles. The molecular formula is C19H17F3N6O2. The lowest BCUT2D eigenvalue weighted by molar-refractivity contribution is -0.137. The SMILES string of the molecule is C=C[C@@]1(c2nnc(-c3cn(C)nc3Nc3ccc(C(F)(F)F)cc3)o2)CCNC1=O. The molecule has 0 bridgehead atoms. The summed E-state index contributed by atoms with van der Waals surface area (Å²) in [6, 6.07) is 4.55. The number of hydrogen-bond acceptors (Lipinski definition) is 6. The molecule has 0 spiro atoms. The van der Waals surface area contributed by atoms with Crippen LogP contribution < -0.4 is 10.6 Å². The van der Waals surface area contributed by atoms with E-state index in [0.29, 0.717) is 30.0 Å². The van der Waals surface area contributed by atoms with Crippen molar-refractivity contribution in [1.82, 2.24) is 25.3 Å². The van der Waals surface area contributed by atoms with Crippen LogP contribution in [0.4, 0.5) is 24.7 Å². The van der Waals surface area contributed by atoms with Crippen molar-refractivity contribution < 1.29 is 22.4 Å². The van der Waals surface area contributed by atoms with Crippen LogP contribution in [-0.4, -0.2) is 32.4 Å². The van der Waals surface area contributed by atoms with Crippen LogP contribution >= 0.6 is 0 Å². The van der Waals surface area contributed by atoms with Gasteiger partial charge in [0, 0.05) is 25.5 Å². The zero-order chi connectivity index (χ0) is 21.5. The van der Waals surface area contributed by atoms with E-state index in [-0.39, 0.29) is 17.7 Å². The van der Waals surface area contributed by atoms with Gasteiger partial charge in [0.1, 0.15) is 11.0 Å². The summed E-state index contributed by atoms with van der Waals surface area (Å²) in [5.74, 6) is 0.290. The summed E-state index contributed by atoms with van der Waals surface area (Å²) in [5.41, 5.74) is -0.997. The molecule has 1 aliphatic rings. The van der Waals surface area contributed by atoms with E-state index in [1.165, 1.54) is 22.9 Å². The second kappa shape index (κ2) is 7.01.